The monoisotopic (exact) mass is 315 g/mol. The van der Waals surface area contributed by atoms with Gasteiger partial charge in [0.15, 0.2) is 0 Å². The summed E-state index contributed by atoms with van der Waals surface area (Å²) in [6.07, 6.45) is 1.34. The fraction of sp³-hybridized carbons (Fsp3) is 0.455. The van der Waals surface area contributed by atoms with Crippen LogP contribution in [0.1, 0.15) is 22.5 Å². The van der Waals surface area contributed by atoms with Crippen molar-refractivity contribution in [3.05, 3.63) is 28.0 Å². The highest BCUT2D eigenvalue weighted by Gasteiger charge is 2.19. The lowest BCUT2D eigenvalue weighted by molar-refractivity contribution is 0.579. The predicted molar refractivity (Wildman–Crippen MR) is 76.8 cm³/mol. The van der Waals surface area contributed by atoms with Crippen LogP contribution in [0.5, 0.6) is 0 Å². The maximum atomic E-state index is 12.2. The minimum absolute atomic E-state index is 0.0974. The molecule has 0 atom stereocenters. The molecule has 0 spiro atoms. The van der Waals surface area contributed by atoms with Gasteiger partial charge in [0, 0.05) is 16.3 Å². The third kappa shape index (κ3) is 3.63. The molecular formula is C11H17N5O2S2. The first kappa shape index (κ1) is 15.1. The van der Waals surface area contributed by atoms with Crippen molar-refractivity contribution < 1.29 is 8.42 Å². The van der Waals surface area contributed by atoms with Crippen LogP contribution >= 0.6 is 11.3 Å². The smallest absolute Gasteiger partial charge is 0.242 e. The van der Waals surface area contributed by atoms with Gasteiger partial charge in [0.2, 0.25) is 10.0 Å². The summed E-state index contributed by atoms with van der Waals surface area (Å²) in [6, 6.07) is 1.71. The molecule has 3 N–H and O–H groups in total. The summed E-state index contributed by atoms with van der Waals surface area (Å²) in [6.45, 7) is 5.45. The SMILES string of the molecule is CCNCc1cc(S(=O)(=O)NCc2ncn[nH]2)c(C)s1. The number of hydrogen-bond acceptors (Lipinski definition) is 6. The number of hydrogen-bond donors (Lipinski definition) is 3. The normalized spacial score (nSPS) is 11.9. The number of rotatable bonds is 7. The van der Waals surface area contributed by atoms with Crippen LogP contribution in [0.25, 0.3) is 0 Å². The van der Waals surface area contributed by atoms with Crippen LogP contribution in [-0.2, 0) is 23.1 Å². The van der Waals surface area contributed by atoms with E-state index in [1.165, 1.54) is 17.7 Å². The Bertz CT molecular complexity index is 648. The zero-order chi connectivity index (χ0) is 14.6. The van der Waals surface area contributed by atoms with Crippen molar-refractivity contribution in [1.82, 2.24) is 25.2 Å². The van der Waals surface area contributed by atoms with Gasteiger partial charge >= 0.3 is 0 Å². The predicted octanol–water partition coefficient (Wildman–Crippen LogP) is 0.763. The number of aromatic nitrogens is 3. The van der Waals surface area contributed by atoms with Crippen LogP contribution in [0.2, 0.25) is 0 Å². The number of nitrogens with zero attached hydrogens (tertiary/aromatic N) is 2. The molecule has 2 heterocycles. The molecule has 0 bridgehead atoms. The average molecular weight is 315 g/mol. The number of thiophene rings is 1. The zero-order valence-electron chi connectivity index (χ0n) is 11.3. The van der Waals surface area contributed by atoms with Crippen molar-refractivity contribution in [2.24, 2.45) is 0 Å². The zero-order valence-corrected chi connectivity index (χ0v) is 12.9. The Labute approximate surface area is 121 Å². The van der Waals surface area contributed by atoms with Gasteiger partial charge in [-0.3, -0.25) is 5.10 Å². The molecule has 9 heteroatoms. The van der Waals surface area contributed by atoms with Gasteiger partial charge in [0.05, 0.1) is 11.4 Å². The van der Waals surface area contributed by atoms with Crippen LogP contribution in [0.3, 0.4) is 0 Å². The van der Waals surface area contributed by atoms with E-state index in [1.54, 1.807) is 6.07 Å². The van der Waals surface area contributed by atoms with E-state index in [9.17, 15) is 8.42 Å². The standard InChI is InChI=1S/C11H17N5O2S2/c1-3-12-5-9-4-10(8(2)19-9)20(17,18)15-6-11-13-7-14-16-11/h4,7,12,15H,3,5-6H2,1-2H3,(H,13,14,16). The van der Waals surface area contributed by atoms with E-state index < -0.39 is 10.0 Å². The van der Waals surface area contributed by atoms with E-state index in [2.05, 4.69) is 25.2 Å². The second kappa shape index (κ2) is 6.44. The number of nitrogens with one attached hydrogen (secondary N) is 3. The first-order valence-electron chi connectivity index (χ1n) is 6.17. The molecular weight excluding hydrogens is 298 g/mol. The third-order valence-electron chi connectivity index (χ3n) is 2.66. The lowest BCUT2D eigenvalue weighted by atomic mass is 10.4. The molecule has 2 aromatic heterocycles. The third-order valence-corrected chi connectivity index (χ3v) is 5.36. The molecule has 2 rings (SSSR count). The molecule has 2 aromatic rings. The van der Waals surface area contributed by atoms with Gasteiger partial charge < -0.3 is 5.32 Å². The Hall–Kier alpha value is -1.29. The fourth-order valence-corrected chi connectivity index (χ4v) is 4.27. The van der Waals surface area contributed by atoms with Crippen LogP contribution in [-0.4, -0.2) is 30.1 Å². The topological polar surface area (TPSA) is 99.8 Å². The molecule has 20 heavy (non-hydrogen) atoms. The lowest BCUT2D eigenvalue weighted by Crippen LogP contribution is -2.24. The Kier molecular flexibility index (Phi) is 4.86. The summed E-state index contributed by atoms with van der Waals surface area (Å²) in [7, 11) is -3.53. The van der Waals surface area contributed by atoms with Crippen LogP contribution in [0.15, 0.2) is 17.3 Å². The number of H-pyrrole nitrogens is 1. The highest BCUT2D eigenvalue weighted by molar-refractivity contribution is 7.89. The van der Waals surface area contributed by atoms with Crippen LogP contribution in [0.4, 0.5) is 0 Å². The van der Waals surface area contributed by atoms with E-state index in [-0.39, 0.29) is 6.54 Å². The Balaban J connectivity index is 2.10. The van der Waals surface area contributed by atoms with Gasteiger partial charge in [-0.1, -0.05) is 6.92 Å². The summed E-state index contributed by atoms with van der Waals surface area (Å²) in [5.74, 6) is 0.481. The summed E-state index contributed by atoms with van der Waals surface area (Å²) in [5, 5.41) is 9.47. The van der Waals surface area contributed by atoms with Crippen molar-refractivity contribution in [3.8, 4) is 0 Å². The van der Waals surface area contributed by atoms with Crippen LogP contribution < -0.4 is 10.0 Å². The maximum Gasteiger partial charge on any atom is 0.242 e. The second-order valence-electron chi connectivity index (χ2n) is 4.17. The van der Waals surface area contributed by atoms with Gasteiger partial charge in [-0.25, -0.2) is 18.1 Å². The molecule has 0 fully saturated rings. The highest BCUT2D eigenvalue weighted by Crippen LogP contribution is 2.25. The highest BCUT2D eigenvalue weighted by atomic mass is 32.2. The second-order valence-corrected chi connectivity index (χ2v) is 7.25. The summed E-state index contributed by atoms with van der Waals surface area (Å²) < 4.78 is 27.0. The largest absolute Gasteiger partial charge is 0.312 e. The Morgan fingerprint density at radius 3 is 2.85 bits per heavy atom. The van der Waals surface area contributed by atoms with E-state index in [0.717, 1.165) is 16.3 Å². The average Bonchev–Trinajstić information content (AvgIpc) is 3.03. The van der Waals surface area contributed by atoms with Crippen molar-refractivity contribution in [2.75, 3.05) is 6.54 Å². The molecule has 0 amide bonds. The summed E-state index contributed by atoms with van der Waals surface area (Å²) >= 11 is 1.49. The van der Waals surface area contributed by atoms with Gasteiger partial charge in [-0.2, -0.15) is 5.10 Å². The van der Waals surface area contributed by atoms with E-state index in [0.29, 0.717) is 17.3 Å². The van der Waals surface area contributed by atoms with Gasteiger partial charge in [-0.15, -0.1) is 11.3 Å². The number of sulfonamides is 1. The molecule has 0 aliphatic carbocycles. The number of aromatic amines is 1. The molecule has 0 radical (unpaired) electrons. The minimum atomic E-state index is -3.53. The van der Waals surface area contributed by atoms with E-state index in [1.807, 2.05) is 13.8 Å². The summed E-state index contributed by atoms with van der Waals surface area (Å²) in [5.41, 5.74) is 0. The Morgan fingerprint density at radius 2 is 2.20 bits per heavy atom. The maximum absolute atomic E-state index is 12.2. The molecule has 0 aromatic carbocycles. The minimum Gasteiger partial charge on any atom is -0.312 e. The quantitative estimate of drug-likeness (QED) is 0.700. The Morgan fingerprint density at radius 1 is 1.40 bits per heavy atom. The molecule has 0 unspecified atom stereocenters. The van der Waals surface area contributed by atoms with E-state index >= 15 is 0 Å². The van der Waals surface area contributed by atoms with Crippen molar-refractivity contribution in [2.45, 2.75) is 31.8 Å². The van der Waals surface area contributed by atoms with Crippen molar-refractivity contribution in [3.63, 3.8) is 0 Å². The van der Waals surface area contributed by atoms with Crippen LogP contribution in [0, 0.1) is 6.92 Å². The van der Waals surface area contributed by atoms with Gasteiger partial charge in [0.1, 0.15) is 12.2 Å². The lowest BCUT2D eigenvalue weighted by Gasteiger charge is -2.04. The van der Waals surface area contributed by atoms with Crippen molar-refractivity contribution >= 4 is 21.4 Å². The van der Waals surface area contributed by atoms with Gasteiger partial charge in [-0.05, 0) is 19.5 Å². The molecule has 0 saturated heterocycles. The summed E-state index contributed by atoms with van der Waals surface area (Å²) in [4.78, 5) is 5.99. The van der Waals surface area contributed by atoms with E-state index in [4.69, 9.17) is 0 Å². The first-order chi connectivity index (χ1) is 9.53. The first-order valence-corrected chi connectivity index (χ1v) is 8.47. The molecule has 0 aliphatic rings. The number of aryl methyl sites for hydroxylation is 1. The molecule has 0 aliphatic heterocycles. The van der Waals surface area contributed by atoms with Gasteiger partial charge in [0.25, 0.3) is 0 Å². The fourth-order valence-electron chi connectivity index (χ4n) is 1.68. The molecule has 110 valence electrons. The molecule has 0 saturated carbocycles. The molecule has 7 nitrogen and oxygen atoms in total. The van der Waals surface area contributed by atoms with Crippen molar-refractivity contribution in [1.29, 1.82) is 0 Å².